The van der Waals surface area contributed by atoms with Gasteiger partial charge < -0.3 is 13.9 Å². The van der Waals surface area contributed by atoms with Crippen molar-refractivity contribution >= 4 is 5.78 Å². The third kappa shape index (κ3) is 2.82. The Bertz CT molecular complexity index is 589. The third-order valence-electron chi connectivity index (χ3n) is 2.59. The minimum absolute atomic E-state index is 0.0564. The van der Waals surface area contributed by atoms with Gasteiger partial charge in [0, 0.05) is 13.2 Å². The van der Waals surface area contributed by atoms with E-state index in [9.17, 15) is 9.18 Å². The first-order valence-corrected chi connectivity index (χ1v) is 5.61. The third-order valence-corrected chi connectivity index (χ3v) is 2.59. The lowest BCUT2D eigenvalue weighted by molar-refractivity contribution is 0.0996. The van der Waals surface area contributed by atoms with Crippen molar-refractivity contribution in [3.05, 3.63) is 53.2 Å². The Morgan fingerprint density at radius 2 is 2.05 bits per heavy atom. The van der Waals surface area contributed by atoms with E-state index in [1.54, 1.807) is 6.07 Å². The summed E-state index contributed by atoms with van der Waals surface area (Å²) in [7, 11) is 2.95. The van der Waals surface area contributed by atoms with Gasteiger partial charge in [0.1, 0.15) is 23.9 Å². The number of hydrogen-bond donors (Lipinski definition) is 0. The van der Waals surface area contributed by atoms with E-state index in [1.807, 2.05) is 0 Å². The molecule has 100 valence electrons. The molecule has 2 rings (SSSR count). The van der Waals surface area contributed by atoms with Crippen molar-refractivity contribution in [1.82, 2.24) is 0 Å². The predicted octanol–water partition coefficient (Wildman–Crippen LogP) is 2.80. The molecule has 0 amide bonds. The first kappa shape index (κ1) is 13.3. The second-order valence-corrected chi connectivity index (χ2v) is 3.87. The molecule has 0 fully saturated rings. The van der Waals surface area contributed by atoms with Crippen molar-refractivity contribution in [2.45, 2.75) is 6.61 Å². The molecule has 0 aliphatic rings. The van der Waals surface area contributed by atoms with Gasteiger partial charge in [0.15, 0.2) is 5.76 Å². The molecule has 1 aromatic heterocycles. The molecule has 0 N–H and O–H groups in total. The van der Waals surface area contributed by atoms with Crippen molar-refractivity contribution in [3.8, 4) is 5.75 Å². The van der Waals surface area contributed by atoms with E-state index in [1.165, 1.54) is 32.4 Å². The lowest BCUT2D eigenvalue weighted by Gasteiger charge is -2.03. The number of halogens is 1. The lowest BCUT2D eigenvalue weighted by Crippen LogP contribution is -2.03. The van der Waals surface area contributed by atoms with Crippen LogP contribution in [0.15, 0.2) is 34.7 Å². The number of ether oxygens (including phenoxy) is 2. The van der Waals surface area contributed by atoms with E-state index >= 15 is 0 Å². The number of ketones is 1. The maximum absolute atomic E-state index is 13.8. The van der Waals surface area contributed by atoms with Crippen LogP contribution in [0.2, 0.25) is 0 Å². The summed E-state index contributed by atoms with van der Waals surface area (Å²) >= 11 is 0. The van der Waals surface area contributed by atoms with E-state index in [0.29, 0.717) is 11.5 Å². The number of hydrogen-bond acceptors (Lipinski definition) is 4. The Labute approximate surface area is 109 Å². The first-order chi connectivity index (χ1) is 9.15. The van der Waals surface area contributed by atoms with Crippen molar-refractivity contribution < 1.29 is 23.1 Å². The standard InChI is InChI=1S/C14H13FO4/c1-17-8-10-4-6-13(19-10)14(16)11-5-3-9(18-2)7-12(11)15/h3-7H,8H2,1-2H3. The summed E-state index contributed by atoms with van der Waals surface area (Å²) < 4.78 is 28.8. The molecular weight excluding hydrogens is 251 g/mol. The van der Waals surface area contributed by atoms with Gasteiger partial charge in [-0.2, -0.15) is 0 Å². The zero-order valence-electron chi connectivity index (χ0n) is 10.6. The second kappa shape index (κ2) is 5.67. The number of carbonyl (C=O) groups is 1. The van der Waals surface area contributed by atoms with Gasteiger partial charge >= 0.3 is 0 Å². The van der Waals surface area contributed by atoms with E-state index < -0.39 is 11.6 Å². The molecule has 0 radical (unpaired) electrons. The molecule has 0 aliphatic carbocycles. The summed E-state index contributed by atoms with van der Waals surface area (Å²) in [4.78, 5) is 12.1. The SMILES string of the molecule is COCc1ccc(C(=O)c2ccc(OC)cc2F)o1. The Hall–Kier alpha value is -2.14. The van der Waals surface area contributed by atoms with Crippen molar-refractivity contribution in [2.75, 3.05) is 14.2 Å². The van der Waals surface area contributed by atoms with Crippen LogP contribution in [0.4, 0.5) is 4.39 Å². The fourth-order valence-electron chi connectivity index (χ4n) is 1.66. The maximum Gasteiger partial charge on any atom is 0.231 e. The minimum atomic E-state index is -0.644. The molecule has 1 aromatic carbocycles. The summed E-state index contributed by atoms with van der Waals surface area (Å²) in [5, 5.41) is 0. The van der Waals surface area contributed by atoms with Crippen LogP contribution in [0.5, 0.6) is 5.75 Å². The van der Waals surface area contributed by atoms with Crippen molar-refractivity contribution in [3.63, 3.8) is 0 Å². The van der Waals surface area contributed by atoms with Gasteiger partial charge in [-0.1, -0.05) is 0 Å². The predicted molar refractivity (Wildman–Crippen MR) is 65.8 cm³/mol. The quantitative estimate of drug-likeness (QED) is 0.779. The summed E-state index contributed by atoms with van der Waals surface area (Å²) in [6, 6.07) is 7.18. The van der Waals surface area contributed by atoms with E-state index in [-0.39, 0.29) is 17.9 Å². The monoisotopic (exact) mass is 264 g/mol. The number of methoxy groups -OCH3 is 2. The molecule has 0 spiro atoms. The summed E-state index contributed by atoms with van der Waals surface area (Å²) in [5.41, 5.74) is -0.0564. The molecule has 0 saturated heterocycles. The molecule has 0 aliphatic heterocycles. The second-order valence-electron chi connectivity index (χ2n) is 3.87. The van der Waals surface area contributed by atoms with Crippen LogP contribution in [0.25, 0.3) is 0 Å². The van der Waals surface area contributed by atoms with Crippen molar-refractivity contribution in [2.24, 2.45) is 0 Å². The maximum atomic E-state index is 13.8. The van der Waals surface area contributed by atoms with Crippen LogP contribution in [0.3, 0.4) is 0 Å². The zero-order chi connectivity index (χ0) is 13.8. The Balaban J connectivity index is 2.27. The highest BCUT2D eigenvalue weighted by Gasteiger charge is 2.18. The molecular formula is C14H13FO4. The molecule has 5 heteroatoms. The highest BCUT2D eigenvalue weighted by Crippen LogP contribution is 2.20. The normalized spacial score (nSPS) is 10.5. The molecule has 0 saturated carbocycles. The molecule has 19 heavy (non-hydrogen) atoms. The van der Waals surface area contributed by atoms with Crippen LogP contribution in [0, 0.1) is 5.82 Å². The number of furan rings is 1. The molecule has 4 nitrogen and oxygen atoms in total. The number of benzene rings is 1. The largest absolute Gasteiger partial charge is 0.497 e. The average Bonchev–Trinajstić information content (AvgIpc) is 2.87. The van der Waals surface area contributed by atoms with Crippen molar-refractivity contribution in [1.29, 1.82) is 0 Å². The van der Waals surface area contributed by atoms with Crippen LogP contribution in [-0.2, 0) is 11.3 Å². The number of carbonyl (C=O) groups excluding carboxylic acids is 1. The van der Waals surface area contributed by atoms with Gasteiger partial charge in [-0.25, -0.2) is 4.39 Å². The summed E-state index contributed by atoms with van der Waals surface area (Å²) in [5.74, 6) is -0.207. The smallest absolute Gasteiger partial charge is 0.231 e. The van der Waals surface area contributed by atoms with Gasteiger partial charge in [-0.3, -0.25) is 4.79 Å². The minimum Gasteiger partial charge on any atom is -0.497 e. The summed E-state index contributed by atoms with van der Waals surface area (Å²) in [6.45, 7) is 0.262. The fourth-order valence-corrected chi connectivity index (χ4v) is 1.66. The van der Waals surface area contributed by atoms with E-state index in [2.05, 4.69) is 0 Å². The molecule has 1 heterocycles. The molecule has 0 unspecified atom stereocenters. The van der Waals surface area contributed by atoms with E-state index in [0.717, 1.165) is 6.07 Å². The number of rotatable bonds is 5. The van der Waals surface area contributed by atoms with Gasteiger partial charge in [0.05, 0.1) is 12.7 Å². The molecule has 0 atom stereocenters. The van der Waals surface area contributed by atoms with Crippen LogP contribution in [-0.4, -0.2) is 20.0 Å². The Morgan fingerprint density at radius 3 is 2.68 bits per heavy atom. The van der Waals surface area contributed by atoms with Crippen LogP contribution < -0.4 is 4.74 Å². The summed E-state index contributed by atoms with van der Waals surface area (Å²) in [6.07, 6.45) is 0. The topological polar surface area (TPSA) is 48.7 Å². The highest BCUT2D eigenvalue weighted by atomic mass is 19.1. The fraction of sp³-hybridized carbons (Fsp3) is 0.214. The highest BCUT2D eigenvalue weighted by molar-refractivity contribution is 6.07. The Morgan fingerprint density at radius 1 is 1.26 bits per heavy atom. The molecule has 2 aromatic rings. The first-order valence-electron chi connectivity index (χ1n) is 5.61. The van der Waals surface area contributed by atoms with Gasteiger partial charge in [0.2, 0.25) is 5.78 Å². The van der Waals surface area contributed by atoms with Gasteiger partial charge in [0.25, 0.3) is 0 Å². The van der Waals surface area contributed by atoms with E-state index in [4.69, 9.17) is 13.9 Å². The van der Waals surface area contributed by atoms with Crippen LogP contribution in [0.1, 0.15) is 21.9 Å². The molecule has 0 bridgehead atoms. The zero-order valence-corrected chi connectivity index (χ0v) is 10.6. The van der Waals surface area contributed by atoms with Gasteiger partial charge in [-0.15, -0.1) is 0 Å². The van der Waals surface area contributed by atoms with Crippen LogP contribution >= 0.6 is 0 Å². The average molecular weight is 264 g/mol. The lowest BCUT2D eigenvalue weighted by atomic mass is 10.1. The Kier molecular flexibility index (Phi) is 3.97. The van der Waals surface area contributed by atoms with Gasteiger partial charge in [-0.05, 0) is 24.3 Å².